The Morgan fingerprint density at radius 1 is 1.19 bits per heavy atom. The van der Waals surface area contributed by atoms with E-state index in [9.17, 15) is 0 Å². The molecule has 0 fully saturated rings. The van der Waals surface area contributed by atoms with Crippen molar-refractivity contribution in [3.63, 3.8) is 0 Å². The molecular formula is C11H9BrClN3. The molecule has 0 aliphatic rings. The standard InChI is InChI=1S/C11H9BrClN3/c1-7-6-8(12)2-3-9(7)14-11-5-4-10(13)15-16-11/h2-6H,1H3,(H,14,16). The summed E-state index contributed by atoms with van der Waals surface area (Å²) in [4.78, 5) is 0. The van der Waals surface area contributed by atoms with Gasteiger partial charge < -0.3 is 5.32 Å². The summed E-state index contributed by atoms with van der Waals surface area (Å²) >= 11 is 9.08. The Morgan fingerprint density at radius 3 is 2.62 bits per heavy atom. The number of nitrogens with zero attached hydrogens (tertiary/aromatic N) is 2. The minimum Gasteiger partial charge on any atom is -0.339 e. The van der Waals surface area contributed by atoms with Gasteiger partial charge in [0.2, 0.25) is 0 Å². The first-order valence-electron chi connectivity index (χ1n) is 4.67. The second kappa shape index (κ2) is 4.80. The molecule has 16 heavy (non-hydrogen) atoms. The fraction of sp³-hybridized carbons (Fsp3) is 0.0909. The predicted octanol–water partition coefficient (Wildman–Crippen LogP) is 3.94. The molecule has 0 saturated heterocycles. The van der Waals surface area contributed by atoms with Gasteiger partial charge >= 0.3 is 0 Å². The van der Waals surface area contributed by atoms with Crippen LogP contribution in [0.15, 0.2) is 34.8 Å². The summed E-state index contributed by atoms with van der Waals surface area (Å²) in [6.07, 6.45) is 0. The first-order chi connectivity index (χ1) is 7.65. The number of aryl methyl sites for hydroxylation is 1. The molecule has 0 radical (unpaired) electrons. The Morgan fingerprint density at radius 2 is 2.00 bits per heavy atom. The van der Waals surface area contributed by atoms with Gasteiger partial charge in [-0.25, -0.2) is 0 Å². The Hall–Kier alpha value is -1.13. The third kappa shape index (κ3) is 2.71. The van der Waals surface area contributed by atoms with Gasteiger partial charge in [0.05, 0.1) is 0 Å². The van der Waals surface area contributed by atoms with Gasteiger partial charge in [-0.05, 0) is 42.8 Å². The zero-order valence-electron chi connectivity index (χ0n) is 8.54. The van der Waals surface area contributed by atoms with Crippen molar-refractivity contribution in [3.05, 3.63) is 45.5 Å². The van der Waals surface area contributed by atoms with Gasteiger partial charge in [0.1, 0.15) is 0 Å². The molecule has 0 spiro atoms. The van der Waals surface area contributed by atoms with Crippen molar-refractivity contribution in [1.29, 1.82) is 0 Å². The lowest BCUT2D eigenvalue weighted by molar-refractivity contribution is 1.04. The van der Waals surface area contributed by atoms with Crippen molar-refractivity contribution in [3.8, 4) is 0 Å². The van der Waals surface area contributed by atoms with Gasteiger partial charge in [-0.3, -0.25) is 0 Å². The molecule has 2 aromatic rings. The molecule has 0 saturated carbocycles. The number of rotatable bonds is 2. The van der Waals surface area contributed by atoms with Gasteiger partial charge in [-0.1, -0.05) is 27.5 Å². The summed E-state index contributed by atoms with van der Waals surface area (Å²) in [5.74, 6) is 0.676. The highest BCUT2D eigenvalue weighted by Crippen LogP contribution is 2.22. The molecule has 1 N–H and O–H groups in total. The van der Waals surface area contributed by atoms with Crippen LogP contribution >= 0.6 is 27.5 Å². The van der Waals surface area contributed by atoms with Gasteiger partial charge in [0, 0.05) is 10.2 Å². The third-order valence-electron chi connectivity index (χ3n) is 2.08. The van der Waals surface area contributed by atoms with Crippen molar-refractivity contribution in [2.45, 2.75) is 6.92 Å². The first-order valence-corrected chi connectivity index (χ1v) is 5.84. The van der Waals surface area contributed by atoms with E-state index in [0.717, 1.165) is 15.7 Å². The van der Waals surface area contributed by atoms with E-state index in [0.29, 0.717) is 11.0 Å². The summed E-state index contributed by atoms with van der Waals surface area (Å²) in [6.45, 7) is 2.02. The highest BCUT2D eigenvalue weighted by Gasteiger charge is 2.01. The van der Waals surface area contributed by atoms with Gasteiger partial charge in [0.15, 0.2) is 11.0 Å². The molecule has 0 unspecified atom stereocenters. The van der Waals surface area contributed by atoms with E-state index in [4.69, 9.17) is 11.6 Å². The van der Waals surface area contributed by atoms with Crippen LogP contribution in [0.25, 0.3) is 0 Å². The maximum atomic E-state index is 5.66. The normalized spacial score (nSPS) is 10.2. The molecule has 0 bridgehead atoms. The Bertz CT molecular complexity index is 499. The largest absolute Gasteiger partial charge is 0.339 e. The Labute approximate surface area is 107 Å². The minimum absolute atomic E-state index is 0.387. The fourth-order valence-corrected chi connectivity index (χ4v) is 1.86. The average Bonchev–Trinajstić information content (AvgIpc) is 2.25. The first kappa shape index (κ1) is 11.4. The van der Waals surface area contributed by atoms with Crippen molar-refractivity contribution >= 4 is 39.0 Å². The van der Waals surface area contributed by atoms with Crippen molar-refractivity contribution in [1.82, 2.24) is 10.2 Å². The van der Waals surface area contributed by atoms with E-state index in [1.807, 2.05) is 25.1 Å². The molecule has 0 amide bonds. The molecule has 0 atom stereocenters. The molecule has 2 rings (SSSR count). The van der Waals surface area contributed by atoms with Crippen molar-refractivity contribution in [2.75, 3.05) is 5.32 Å². The van der Waals surface area contributed by atoms with Gasteiger partial charge in [0.25, 0.3) is 0 Å². The van der Waals surface area contributed by atoms with E-state index in [1.54, 1.807) is 12.1 Å². The highest BCUT2D eigenvalue weighted by atomic mass is 79.9. The van der Waals surface area contributed by atoms with Crippen molar-refractivity contribution < 1.29 is 0 Å². The van der Waals surface area contributed by atoms with Crippen LogP contribution in [0.1, 0.15) is 5.56 Å². The summed E-state index contributed by atoms with van der Waals surface area (Å²) in [5.41, 5.74) is 2.13. The van der Waals surface area contributed by atoms with E-state index in [-0.39, 0.29) is 0 Å². The average molecular weight is 299 g/mol. The summed E-state index contributed by atoms with van der Waals surface area (Å²) in [7, 11) is 0. The fourth-order valence-electron chi connectivity index (χ4n) is 1.29. The summed E-state index contributed by atoms with van der Waals surface area (Å²) < 4.78 is 1.05. The summed E-state index contributed by atoms with van der Waals surface area (Å²) in [5, 5.41) is 11.3. The summed E-state index contributed by atoms with van der Waals surface area (Å²) in [6, 6.07) is 9.47. The maximum Gasteiger partial charge on any atom is 0.153 e. The lowest BCUT2D eigenvalue weighted by Crippen LogP contribution is -1.96. The van der Waals surface area contributed by atoms with E-state index in [1.165, 1.54) is 0 Å². The zero-order valence-corrected chi connectivity index (χ0v) is 10.9. The number of aromatic nitrogens is 2. The SMILES string of the molecule is Cc1cc(Br)ccc1Nc1ccc(Cl)nn1. The number of hydrogen-bond acceptors (Lipinski definition) is 3. The molecule has 1 aromatic carbocycles. The monoisotopic (exact) mass is 297 g/mol. The predicted molar refractivity (Wildman–Crippen MR) is 69.2 cm³/mol. The van der Waals surface area contributed by atoms with Crippen molar-refractivity contribution in [2.24, 2.45) is 0 Å². The Kier molecular flexibility index (Phi) is 3.41. The number of halogens is 2. The van der Waals surface area contributed by atoms with Crippen LogP contribution < -0.4 is 5.32 Å². The highest BCUT2D eigenvalue weighted by molar-refractivity contribution is 9.10. The van der Waals surface area contributed by atoms with Crippen LogP contribution in [0.3, 0.4) is 0 Å². The molecule has 0 aliphatic carbocycles. The lowest BCUT2D eigenvalue weighted by Gasteiger charge is -2.08. The van der Waals surface area contributed by atoms with Crippen LogP contribution in [0, 0.1) is 6.92 Å². The number of anilines is 2. The second-order valence-corrected chi connectivity index (χ2v) is 4.63. The van der Waals surface area contributed by atoms with E-state index < -0.39 is 0 Å². The maximum absolute atomic E-state index is 5.66. The third-order valence-corrected chi connectivity index (χ3v) is 2.78. The van der Waals surface area contributed by atoms with Gasteiger partial charge in [-0.2, -0.15) is 0 Å². The number of benzene rings is 1. The molecular weight excluding hydrogens is 289 g/mol. The van der Waals surface area contributed by atoms with Crippen LogP contribution in [0.5, 0.6) is 0 Å². The topological polar surface area (TPSA) is 37.8 Å². The van der Waals surface area contributed by atoms with Crippen LogP contribution in [-0.4, -0.2) is 10.2 Å². The smallest absolute Gasteiger partial charge is 0.153 e. The minimum atomic E-state index is 0.387. The number of nitrogens with one attached hydrogen (secondary N) is 1. The van der Waals surface area contributed by atoms with Crippen LogP contribution in [-0.2, 0) is 0 Å². The molecule has 3 nitrogen and oxygen atoms in total. The molecule has 1 aromatic heterocycles. The molecule has 1 heterocycles. The molecule has 0 aliphatic heterocycles. The second-order valence-electron chi connectivity index (χ2n) is 3.33. The quantitative estimate of drug-likeness (QED) is 0.912. The van der Waals surface area contributed by atoms with Crippen LogP contribution in [0.2, 0.25) is 5.15 Å². The van der Waals surface area contributed by atoms with Gasteiger partial charge in [-0.15, -0.1) is 10.2 Å². The Balaban J connectivity index is 2.23. The zero-order chi connectivity index (χ0) is 11.5. The number of hydrogen-bond donors (Lipinski definition) is 1. The lowest BCUT2D eigenvalue weighted by atomic mass is 10.2. The van der Waals surface area contributed by atoms with Crippen LogP contribution in [0.4, 0.5) is 11.5 Å². The molecule has 82 valence electrons. The molecule has 5 heteroatoms. The van der Waals surface area contributed by atoms with E-state index in [2.05, 4.69) is 31.4 Å². The van der Waals surface area contributed by atoms with E-state index >= 15 is 0 Å².